The lowest BCUT2D eigenvalue weighted by molar-refractivity contribution is -0.120. The van der Waals surface area contributed by atoms with Crippen LogP contribution in [0, 0.1) is 25.7 Å². The van der Waals surface area contributed by atoms with Crippen molar-refractivity contribution in [3.8, 4) is 0 Å². The zero-order chi connectivity index (χ0) is 13.7. The second-order valence-electron chi connectivity index (χ2n) is 5.32. The van der Waals surface area contributed by atoms with Gasteiger partial charge in [-0.15, -0.1) is 0 Å². The largest absolute Gasteiger partial charge is 0.330 e. The Morgan fingerprint density at radius 3 is 2.28 bits per heavy atom. The zero-order valence-corrected chi connectivity index (χ0v) is 11.8. The first-order valence-electron chi connectivity index (χ1n) is 6.52. The van der Waals surface area contributed by atoms with Gasteiger partial charge in [0.05, 0.1) is 5.92 Å². The second-order valence-corrected chi connectivity index (χ2v) is 5.32. The van der Waals surface area contributed by atoms with Crippen molar-refractivity contribution >= 4 is 11.6 Å². The molecule has 0 aliphatic rings. The Kier molecular flexibility index (Phi) is 5.35. The van der Waals surface area contributed by atoms with Gasteiger partial charge in [0.2, 0.25) is 5.91 Å². The van der Waals surface area contributed by atoms with E-state index in [1.807, 2.05) is 32.0 Å². The second kappa shape index (κ2) is 6.55. The lowest BCUT2D eigenvalue weighted by Crippen LogP contribution is -2.30. The minimum atomic E-state index is -0.107. The minimum Gasteiger partial charge on any atom is -0.330 e. The van der Waals surface area contributed by atoms with E-state index in [9.17, 15) is 4.79 Å². The van der Waals surface area contributed by atoms with Crippen LogP contribution < -0.4 is 11.1 Å². The Labute approximate surface area is 110 Å². The topological polar surface area (TPSA) is 55.1 Å². The highest BCUT2D eigenvalue weighted by Crippen LogP contribution is 2.21. The summed E-state index contributed by atoms with van der Waals surface area (Å²) in [7, 11) is 0. The standard InChI is InChI=1S/C15H24N2O/c1-10(2)8-13(9-16)15(18)17-14-11(3)6-5-7-12(14)4/h5-7,10,13H,8-9,16H2,1-4H3,(H,17,18). The van der Waals surface area contributed by atoms with Crippen molar-refractivity contribution in [3.63, 3.8) is 0 Å². The average Bonchev–Trinajstić information content (AvgIpc) is 2.30. The predicted octanol–water partition coefficient (Wildman–Crippen LogP) is 2.86. The fourth-order valence-electron chi connectivity index (χ4n) is 2.12. The van der Waals surface area contributed by atoms with Gasteiger partial charge in [-0.1, -0.05) is 32.0 Å². The summed E-state index contributed by atoms with van der Waals surface area (Å²) < 4.78 is 0. The van der Waals surface area contributed by atoms with E-state index in [2.05, 4.69) is 19.2 Å². The highest BCUT2D eigenvalue weighted by atomic mass is 16.1. The maximum Gasteiger partial charge on any atom is 0.228 e. The Morgan fingerprint density at radius 2 is 1.83 bits per heavy atom. The first-order chi connectivity index (χ1) is 8.45. The van der Waals surface area contributed by atoms with Crippen LogP contribution in [0.5, 0.6) is 0 Å². The fraction of sp³-hybridized carbons (Fsp3) is 0.533. The van der Waals surface area contributed by atoms with E-state index in [0.29, 0.717) is 12.5 Å². The quantitative estimate of drug-likeness (QED) is 0.842. The molecule has 0 heterocycles. The van der Waals surface area contributed by atoms with Gasteiger partial charge in [0.15, 0.2) is 0 Å². The summed E-state index contributed by atoms with van der Waals surface area (Å²) in [5, 5.41) is 3.02. The van der Waals surface area contributed by atoms with Gasteiger partial charge < -0.3 is 11.1 Å². The number of carbonyl (C=O) groups excluding carboxylic acids is 1. The SMILES string of the molecule is Cc1cccc(C)c1NC(=O)C(CN)CC(C)C. The molecule has 0 saturated carbocycles. The van der Waals surface area contributed by atoms with Crippen LogP contribution in [0.4, 0.5) is 5.69 Å². The lowest BCUT2D eigenvalue weighted by atomic mass is 9.96. The maximum absolute atomic E-state index is 12.2. The van der Waals surface area contributed by atoms with Crippen molar-refractivity contribution in [1.82, 2.24) is 0 Å². The smallest absolute Gasteiger partial charge is 0.228 e. The number of aryl methyl sites for hydroxylation is 2. The van der Waals surface area contributed by atoms with Crippen LogP contribution in [-0.4, -0.2) is 12.5 Å². The highest BCUT2D eigenvalue weighted by molar-refractivity contribution is 5.94. The fourth-order valence-corrected chi connectivity index (χ4v) is 2.12. The number of rotatable bonds is 5. The number of para-hydroxylation sites is 1. The molecule has 0 aliphatic carbocycles. The molecule has 0 bridgehead atoms. The van der Waals surface area contributed by atoms with Gasteiger partial charge in [-0.2, -0.15) is 0 Å². The Bertz CT molecular complexity index is 393. The minimum absolute atomic E-state index is 0.0311. The number of benzene rings is 1. The van der Waals surface area contributed by atoms with Crippen LogP contribution in [0.15, 0.2) is 18.2 Å². The van der Waals surface area contributed by atoms with E-state index in [0.717, 1.165) is 23.2 Å². The molecule has 3 N–H and O–H groups in total. The Balaban J connectivity index is 2.80. The molecule has 3 nitrogen and oxygen atoms in total. The molecule has 0 aliphatic heterocycles. The molecular formula is C15H24N2O. The summed E-state index contributed by atoms with van der Waals surface area (Å²) >= 11 is 0. The van der Waals surface area contributed by atoms with Crippen LogP contribution in [0.2, 0.25) is 0 Å². The molecule has 0 spiro atoms. The van der Waals surface area contributed by atoms with E-state index in [4.69, 9.17) is 5.73 Å². The van der Waals surface area contributed by atoms with Crippen molar-refractivity contribution in [2.45, 2.75) is 34.1 Å². The third-order valence-electron chi connectivity index (χ3n) is 3.14. The van der Waals surface area contributed by atoms with Gasteiger partial charge in [0.25, 0.3) is 0 Å². The molecule has 0 fully saturated rings. The molecule has 1 atom stereocenters. The summed E-state index contributed by atoms with van der Waals surface area (Å²) in [5.41, 5.74) is 8.79. The number of nitrogens with one attached hydrogen (secondary N) is 1. The molecule has 0 saturated heterocycles. The summed E-state index contributed by atoms with van der Waals surface area (Å²) in [6.07, 6.45) is 0.827. The van der Waals surface area contributed by atoms with Crippen molar-refractivity contribution in [2.24, 2.45) is 17.6 Å². The zero-order valence-electron chi connectivity index (χ0n) is 11.8. The number of nitrogens with two attached hydrogens (primary N) is 1. The Morgan fingerprint density at radius 1 is 1.28 bits per heavy atom. The van der Waals surface area contributed by atoms with Crippen molar-refractivity contribution < 1.29 is 4.79 Å². The van der Waals surface area contributed by atoms with E-state index < -0.39 is 0 Å². The third-order valence-corrected chi connectivity index (χ3v) is 3.14. The molecule has 1 amide bonds. The average molecular weight is 248 g/mol. The van der Waals surface area contributed by atoms with E-state index >= 15 is 0 Å². The molecular weight excluding hydrogens is 224 g/mol. The van der Waals surface area contributed by atoms with Gasteiger partial charge in [0.1, 0.15) is 0 Å². The normalized spacial score (nSPS) is 12.6. The van der Waals surface area contributed by atoms with Gasteiger partial charge in [-0.25, -0.2) is 0 Å². The van der Waals surface area contributed by atoms with Crippen LogP contribution in [-0.2, 0) is 4.79 Å². The lowest BCUT2D eigenvalue weighted by Gasteiger charge is -2.18. The number of hydrogen-bond donors (Lipinski definition) is 2. The van der Waals surface area contributed by atoms with E-state index in [1.165, 1.54) is 0 Å². The third kappa shape index (κ3) is 3.84. The highest BCUT2D eigenvalue weighted by Gasteiger charge is 2.19. The molecule has 1 aromatic rings. The van der Waals surface area contributed by atoms with Gasteiger partial charge in [0, 0.05) is 12.2 Å². The monoisotopic (exact) mass is 248 g/mol. The number of carbonyl (C=O) groups is 1. The summed E-state index contributed by atoms with van der Waals surface area (Å²) in [5.74, 6) is 0.398. The number of anilines is 1. The molecule has 1 aromatic carbocycles. The Hall–Kier alpha value is -1.35. The predicted molar refractivity (Wildman–Crippen MR) is 76.5 cm³/mol. The summed E-state index contributed by atoms with van der Waals surface area (Å²) in [6.45, 7) is 8.61. The van der Waals surface area contributed by atoms with E-state index in [-0.39, 0.29) is 11.8 Å². The molecule has 100 valence electrons. The van der Waals surface area contributed by atoms with Crippen molar-refractivity contribution in [2.75, 3.05) is 11.9 Å². The van der Waals surface area contributed by atoms with Gasteiger partial charge in [-0.3, -0.25) is 4.79 Å². The van der Waals surface area contributed by atoms with Gasteiger partial charge >= 0.3 is 0 Å². The van der Waals surface area contributed by atoms with E-state index in [1.54, 1.807) is 0 Å². The summed E-state index contributed by atoms with van der Waals surface area (Å²) in [6, 6.07) is 6.00. The van der Waals surface area contributed by atoms with Crippen molar-refractivity contribution in [3.05, 3.63) is 29.3 Å². The first kappa shape index (κ1) is 14.7. The van der Waals surface area contributed by atoms with Crippen LogP contribution >= 0.6 is 0 Å². The molecule has 3 heteroatoms. The molecule has 1 rings (SSSR count). The van der Waals surface area contributed by atoms with Crippen LogP contribution in [0.3, 0.4) is 0 Å². The summed E-state index contributed by atoms with van der Waals surface area (Å²) in [4.78, 5) is 12.2. The molecule has 1 unspecified atom stereocenters. The van der Waals surface area contributed by atoms with Crippen LogP contribution in [0.1, 0.15) is 31.4 Å². The molecule has 0 aromatic heterocycles. The van der Waals surface area contributed by atoms with Crippen LogP contribution in [0.25, 0.3) is 0 Å². The van der Waals surface area contributed by atoms with Crippen molar-refractivity contribution in [1.29, 1.82) is 0 Å². The first-order valence-corrected chi connectivity index (χ1v) is 6.52. The molecule has 18 heavy (non-hydrogen) atoms. The van der Waals surface area contributed by atoms with Gasteiger partial charge in [-0.05, 0) is 37.3 Å². The number of hydrogen-bond acceptors (Lipinski definition) is 2. The number of amides is 1. The molecule has 0 radical (unpaired) electrons. The maximum atomic E-state index is 12.2.